The van der Waals surface area contributed by atoms with Gasteiger partial charge < -0.3 is 9.72 Å². The minimum absolute atomic E-state index is 0.0970. The molecule has 3 unspecified atom stereocenters. The number of hydrogen-bond donors (Lipinski definition) is 1. The molecule has 3 aromatic heterocycles. The molecular formula is C21H20N6O. The van der Waals surface area contributed by atoms with Crippen LogP contribution in [0.2, 0.25) is 0 Å². The lowest BCUT2D eigenvalue weighted by Gasteiger charge is -2.15. The molecule has 1 aliphatic rings. The van der Waals surface area contributed by atoms with Crippen LogP contribution in [0.5, 0.6) is 5.75 Å². The van der Waals surface area contributed by atoms with Gasteiger partial charge in [-0.1, -0.05) is 19.4 Å². The Morgan fingerprint density at radius 3 is 3.07 bits per heavy atom. The average Bonchev–Trinajstić information content (AvgIpc) is 3.44. The third-order valence-electron chi connectivity index (χ3n) is 5.74. The molecule has 5 rings (SSSR count). The van der Waals surface area contributed by atoms with Crippen molar-refractivity contribution in [2.24, 2.45) is 5.92 Å². The highest BCUT2D eigenvalue weighted by molar-refractivity contribution is 5.74. The van der Waals surface area contributed by atoms with Crippen LogP contribution >= 0.6 is 0 Å². The summed E-state index contributed by atoms with van der Waals surface area (Å²) >= 11 is 0. The van der Waals surface area contributed by atoms with Gasteiger partial charge in [0.1, 0.15) is 11.6 Å². The van der Waals surface area contributed by atoms with Crippen LogP contribution in [0.25, 0.3) is 16.8 Å². The second-order valence-corrected chi connectivity index (χ2v) is 7.35. The first kappa shape index (κ1) is 16.8. The molecule has 3 heterocycles. The fourth-order valence-electron chi connectivity index (χ4n) is 4.41. The van der Waals surface area contributed by atoms with Gasteiger partial charge in [-0.05, 0) is 43.0 Å². The molecule has 4 aromatic rings. The summed E-state index contributed by atoms with van der Waals surface area (Å²) in [5, 5.41) is 18.0. The van der Waals surface area contributed by atoms with E-state index in [1.54, 1.807) is 18.3 Å². The number of hydrogen-bond acceptors (Lipinski definition) is 5. The first-order valence-electron chi connectivity index (χ1n) is 9.60. The van der Waals surface area contributed by atoms with E-state index in [-0.39, 0.29) is 12.0 Å². The molecular weight excluding hydrogens is 352 g/mol. The summed E-state index contributed by atoms with van der Waals surface area (Å²) in [6.45, 7) is 2.22. The third kappa shape index (κ3) is 2.69. The Hall–Kier alpha value is -3.40. The molecule has 1 saturated carbocycles. The number of nitrogens with one attached hydrogen (secondary N) is 1. The van der Waals surface area contributed by atoms with E-state index in [0.717, 1.165) is 47.6 Å². The summed E-state index contributed by atoms with van der Waals surface area (Å²) in [7, 11) is 0. The highest BCUT2D eigenvalue weighted by Crippen LogP contribution is 2.42. The molecule has 1 fully saturated rings. The quantitative estimate of drug-likeness (QED) is 0.588. The highest BCUT2D eigenvalue weighted by atomic mass is 16.5. The van der Waals surface area contributed by atoms with Gasteiger partial charge in [0.2, 0.25) is 0 Å². The summed E-state index contributed by atoms with van der Waals surface area (Å²) < 4.78 is 8.35. The molecule has 1 aliphatic carbocycles. The number of rotatable bonds is 4. The highest BCUT2D eigenvalue weighted by Gasteiger charge is 2.38. The molecule has 0 spiro atoms. The van der Waals surface area contributed by atoms with Gasteiger partial charge >= 0.3 is 0 Å². The first-order chi connectivity index (χ1) is 13.8. The number of fused-ring (bicyclic) bond motifs is 3. The molecule has 7 heteroatoms. The molecule has 28 heavy (non-hydrogen) atoms. The molecule has 0 saturated heterocycles. The van der Waals surface area contributed by atoms with E-state index in [4.69, 9.17) is 10.00 Å². The predicted molar refractivity (Wildman–Crippen MR) is 104 cm³/mol. The fourth-order valence-corrected chi connectivity index (χ4v) is 4.41. The van der Waals surface area contributed by atoms with Crippen LogP contribution in [0.4, 0.5) is 0 Å². The zero-order chi connectivity index (χ0) is 19.1. The molecule has 0 amide bonds. The van der Waals surface area contributed by atoms with E-state index in [0.29, 0.717) is 11.5 Å². The van der Waals surface area contributed by atoms with Crippen molar-refractivity contribution < 1.29 is 4.74 Å². The van der Waals surface area contributed by atoms with Crippen molar-refractivity contribution in [2.45, 2.75) is 38.2 Å². The number of aromatic nitrogens is 5. The number of H-pyrrole nitrogens is 1. The number of nitrogens with zero attached hydrogens (tertiary/aromatic N) is 5. The van der Waals surface area contributed by atoms with E-state index < -0.39 is 0 Å². The lowest BCUT2D eigenvalue weighted by molar-refractivity contribution is 0.203. The number of ether oxygens (including phenoxy) is 1. The third-order valence-corrected chi connectivity index (χ3v) is 5.74. The van der Waals surface area contributed by atoms with Gasteiger partial charge in [-0.25, -0.2) is 4.98 Å². The average molecular weight is 372 g/mol. The van der Waals surface area contributed by atoms with E-state index in [9.17, 15) is 0 Å². The maximum Gasteiger partial charge on any atom is 0.179 e. The van der Waals surface area contributed by atoms with Gasteiger partial charge in [0.05, 0.1) is 29.5 Å². The number of nitriles is 1. The zero-order valence-corrected chi connectivity index (χ0v) is 15.5. The second kappa shape index (κ2) is 6.64. The Bertz CT molecular complexity index is 1190. The second-order valence-electron chi connectivity index (χ2n) is 7.35. The van der Waals surface area contributed by atoms with Gasteiger partial charge in [0.15, 0.2) is 11.3 Å². The Morgan fingerprint density at radius 2 is 2.21 bits per heavy atom. The van der Waals surface area contributed by atoms with Crippen molar-refractivity contribution >= 4 is 16.8 Å². The van der Waals surface area contributed by atoms with Crippen molar-refractivity contribution in [1.29, 1.82) is 5.26 Å². The maximum atomic E-state index is 9.11. The minimum atomic E-state index is 0.0970. The van der Waals surface area contributed by atoms with Crippen LogP contribution in [-0.4, -0.2) is 30.7 Å². The summed E-state index contributed by atoms with van der Waals surface area (Å²) in [6.07, 6.45) is 6.64. The predicted octanol–water partition coefficient (Wildman–Crippen LogP) is 3.83. The number of aromatic amines is 1. The maximum absolute atomic E-state index is 9.11. The van der Waals surface area contributed by atoms with Crippen LogP contribution in [0, 0.1) is 17.2 Å². The lowest BCUT2D eigenvalue weighted by Crippen LogP contribution is -2.12. The Balaban J connectivity index is 1.48. The normalized spacial score (nSPS) is 21.9. The van der Waals surface area contributed by atoms with Gasteiger partial charge in [-0.2, -0.15) is 5.26 Å². The van der Waals surface area contributed by atoms with Crippen LogP contribution in [0.1, 0.15) is 43.5 Å². The van der Waals surface area contributed by atoms with Crippen molar-refractivity contribution in [3.63, 3.8) is 0 Å². The topological polar surface area (TPSA) is 91.9 Å². The molecule has 0 bridgehead atoms. The van der Waals surface area contributed by atoms with Crippen molar-refractivity contribution in [3.8, 4) is 11.8 Å². The van der Waals surface area contributed by atoms with Crippen LogP contribution in [0.3, 0.4) is 0 Å². The molecule has 0 radical (unpaired) electrons. The summed E-state index contributed by atoms with van der Waals surface area (Å²) in [5.41, 5.74) is 3.21. The molecule has 140 valence electrons. The van der Waals surface area contributed by atoms with Crippen LogP contribution in [0.15, 0.2) is 42.7 Å². The van der Waals surface area contributed by atoms with E-state index in [1.807, 2.05) is 24.4 Å². The Kier molecular flexibility index (Phi) is 3.97. The Morgan fingerprint density at radius 1 is 1.29 bits per heavy atom. The molecule has 1 aromatic carbocycles. The smallest absolute Gasteiger partial charge is 0.179 e. The lowest BCUT2D eigenvalue weighted by atomic mass is 9.93. The molecule has 7 nitrogen and oxygen atoms in total. The van der Waals surface area contributed by atoms with Gasteiger partial charge in [0.25, 0.3) is 0 Å². The molecule has 1 N–H and O–H groups in total. The van der Waals surface area contributed by atoms with E-state index >= 15 is 0 Å². The van der Waals surface area contributed by atoms with Crippen molar-refractivity contribution in [1.82, 2.24) is 24.6 Å². The van der Waals surface area contributed by atoms with Gasteiger partial charge in [-0.15, -0.1) is 10.2 Å². The molecule has 0 aliphatic heterocycles. The van der Waals surface area contributed by atoms with E-state index in [2.05, 4.69) is 37.6 Å². The van der Waals surface area contributed by atoms with Crippen molar-refractivity contribution in [2.75, 3.05) is 0 Å². The SMILES string of the molecule is CCC1CC(Oc2cccc(C#N)c2)CC1c1nnc2cnc3[nH]ccc3n12. The minimum Gasteiger partial charge on any atom is -0.490 e. The van der Waals surface area contributed by atoms with Crippen LogP contribution in [-0.2, 0) is 0 Å². The fraction of sp³-hybridized carbons (Fsp3) is 0.333. The first-order valence-corrected chi connectivity index (χ1v) is 9.60. The summed E-state index contributed by atoms with van der Waals surface area (Å²) in [5.74, 6) is 2.47. The largest absolute Gasteiger partial charge is 0.490 e. The summed E-state index contributed by atoms with van der Waals surface area (Å²) in [6, 6.07) is 11.5. The van der Waals surface area contributed by atoms with Crippen molar-refractivity contribution in [3.05, 3.63) is 54.1 Å². The summed E-state index contributed by atoms with van der Waals surface area (Å²) in [4.78, 5) is 7.56. The van der Waals surface area contributed by atoms with Gasteiger partial charge in [-0.3, -0.25) is 4.40 Å². The zero-order valence-electron chi connectivity index (χ0n) is 15.5. The monoisotopic (exact) mass is 372 g/mol. The standard InChI is InChI=1S/C21H20N6O/c1-2-14-9-16(28-15-5-3-4-13(8-15)11-22)10-17(14)21-26-25-19-12-24-20-18(27(19)21)6-7-23-20/h3-8,12,14,16-17,23H,2,9-10H2,1H3. The van der Waals surface area contributed by atoms with E-state index in [1.165, 1.54) is 0 Å². The van der Waals surface area contributed by atoms with Crippen LogP contribution < -0.4 is 4.74 Å². The molecule has 3 atom stereocenters. The Labute approximate surface area is 162 Å². The number of benzene rings is 1. The van der Waals surface area contributed by atoms with Gasteiger partial charge in [0, 0.05) is 12.1 Å².